The van der Waals surface area contributed by atoms with Crippen LogP contribution in [0.3, 0.4) is 0 Å². The molecule has 0 bridgehead atoms. The number of aromatic nitrogens is 1. The van der Waals surface area contributed by atoms with Crippen LogP contribution in [0.15, 0.2) is 59.8 Å². The van der Waals surface area contributed by atoms with Crippen LogP contribution in [0.4, 0.5) is 5.69 Å². The van der Waals surface area contributed by atoms with Gasteiger partial charge in [0, 0.05) is 18.0 Å². The third kappa shape index (κ3) is 4.66. The molecular formula is C26H24ClN3O2S. The van der Waals surface area contributed by atoms with Crippen molar-refractivity contribution in [3.05, 3.63) is 93.3 Å². The first-order valence-electron chi connectivity index (χ1n) is 10.6. The maximum absolute atomic E-state index is 11.8. The molecule has 0 amide bonds. The number of hydrogen-bond donors (Lipinski definition) is 1. The molecule has 0 radical (unpaired) electrons. The number of halogens is 1. The van der Waals surface area contributed by atoms with E-state index in [9.17, 15) is 13.7 Å². The highest BCUT2D eigenvalue weighted by Gasteiger charge is 2.22. The number of pyridine rings is 1. The number of aryl methyl sites for hydroxylation is 2. The molecular weight excluding hydrogens is 454 g/mol. The minimum atomic E-state index is -3.24. The number of hydrogen-bond acceptors (Lipinski definition) is 5. The molecule has 0 spiro atoms. The topological polar surface area (TPSA) is 96.8 Å². The van der Waals surface area contributed by atoms with E-state index in [1.165, 1.54) is 12.5 Å². The summed E-state index contributed by atoms with van der Waals surface area (Å²) in [6.45, 7) is 1.94. The third-order valence-electron chi connectivity index (χ3n) is 6.21. The molecule has 1 aromatic heterocycles. The fourth-order valence-corrected chi connectivity index (χ4v) is 5.19. The molecule has 1 unspecified atom stereocenters. The van der Waals surface area contributed by atoms with Crippen LogP contribution in [0.5, 0.6) is 0 Å². The first kappa shape index (κ1) is 23.0. The predicted molar refractivity (Wildman–Crippen MR) is 132 cm³/mol. The molecule has 0 saturated carbocycles. The Balaban J connectivity index is 1.83. The Hall–Kier alpha value is -3.14. The minimum absolute atomic E-state index is 0.200. The highest BCUT2D eigenvalue weighted by molar-refractivity contribution is 7.90. The number of benzene rings is 2. The fraction of sp³-hybridized carbons (Fsp3) is 0.231. The Morgan fingerprint density at radius 1 is 1.15 bits per heavy atom. The third-order valence-corrected chi connectivity index (χ3v) is 7.76. The summed E-state index contributed by atoms with van der Waals surface area (Å²) >= 11 is 6.58. The lowest BCUT2D eigenvalue weighted by Gasteiger charge is -2.24. The monoisotopic (exact) mass is 477 g/mol. The number of nitrogens with zero attached hydrogens (tertiary/aromatic N) is 2. The van der Waals surface area contributed by atoms with Crippen molar-refractivity contribution in [2.45, 2.75) is 37.0 Å². The zero-order valence-corrected chi connectivity index (χ0v) is 20.0. The van der Waals surface area contributed by atoms with Crippen molar-refractivity contribution in [1.82, 2.24) is 4.98 Å². The van der Waals surface area contributed by atoms with Crippen molar-refractivity contribution in [2.24, 2.45) is 0 Å². The van der Waals surface area contributed by atoms with Crippen molar-refractivity contribution in [3.63, 3.8) is 0 Å². The summed E-state index contributed by atoms with van der Waals surface area (Å²) in [6.07, 6.45) is 9.01. The van der Waals surface area contributed by atoms with Gasteiger partial charge in [-0.05, 0) is 78.1 Å². The van der Waals surface area contributed by atoms with Gasteiger partial charge in [-0.25, -0.2) is 8.42 Å². The van der Waals surface area contributed by atoms with Crippen LogP contribution in [0.1, 0.15) is 52.1 Å². The second-order valence-electron chi connectivity index (χ2n) is 8.46. The van der Waals surface area contributed by atoms with Gasteiger partial charge in [-0.2, -0.15) is 5.26 Å². The molecule has 1 atom stereocenters. The molecule has 33 heavy (non-hydrogen) atoms. The maximum Gasteiger partial charge on any atom is 0.175 e. The SMILES string of the molecule is Cc1cc2c(cc1C#N)/C(c1cncc(N)c1Cl)=C\CC(c1ccc(S(C)(=O)=O)cc1)CC2. The van der Waals surface area contributed by atoms with Crippen LogP contribution in [0, 0.1) is 18.3 Å². The molecule has 7 heteroatoms. The van der Waals surface area contributed by atoms with Gasteiger partial charge in [0.25, 0.3) is 0 Å². The first-order chi connectivity index (χ1) is 15.7. The smallest absolute Gasteiger partial charge is 0.175 e. The van der Waals surface area contributed by atoms with Gasteiger partial charge in [0.1, 0.15) is 0 Å². The van der Waals surface area contributed by atoms with Crippen molar-refractivity contribution in [2.75, 3.05) is 12.0 Å². The van der Waals surface area contributed by atoms with Crippen LogP contribution < -0.4 is 5.73 Å². The lowest BCUT2D eigenvalue weighted by atomic mass is 9.81. The lowest BCUT2D eigenvalue weighted by Crippen LogP contribution is -2.08. The average molecular weight is 478 g/mol. The molecule has 0 saturated heterocycles. The summed E-state index contributed by atoms with van der Waals surface area (Å²) in [5.41, 5.74) is 12.8. The zero-order chi connectivity index (χ0) is 23.8. The summed E-state index contributed by atoms with van der Waals surface area (Å²) in [6, 6.07) is 13.4. The number of sulfone groups is 1. The summed E-state index contributed by atoms with van der Waals surface area (Å²) in [7, 11) is -3.24. The number of fused-ring (bicyclic) bond motifs is 1. The highest BCUT2D eigenvalue weighted by Crippen LogP contribution is 2.39. The Morgan fingerprint density at radius 2 is 1.88 bits per heavy atom. The number of nitrogens with two attached hydrogens (primary N) is 1. The van der Waals surface area contributed by atoms with Crippen LogP contribution in [-0.2, 0) is 16.3 Å². The number of nitrogen functional groups attached to an aromatic ring is 1. The molecule has 4 rings (SSSR count). The van der Waals surface area contributed by atoms with Crippen LogP contribution >= 0.6 is 11.6 Å². The number of rotatable bonds is 3. The molecule has 0 fully saturated rings. The van der Waals surface area contributed by atoms with Gasteiger partial charge in [0.2, 0.25) is 0 Å². The summed E-state index contributed by atoms with van der Waals surface area (Å²) in [5.74, 6) is 0.200. The molecule has 2 aromatic carbocycles. The van der Waals surface area contributed by atoms with E-state index in [1.807, 2.05) is 25.1 Å². The molecule has 0 aliphatic heterocycles. The van der Waals surface area contributed by atoms with Crippen LogP contribution in [0.2, 0.25) is 5.02 Å². The van der Waals surface area contributed by atoms with Crippen LogP contribution in [0.25, 0.3) is 5.57 Å². The Bertz CT molecular complexity index is 1400. The van der Waals surface area contributed by atoms with E-state index < -0.39 is 9.84 Å². The maximum atomic E-state index is 11.8. The molecule has 1 heterocycles. The van der Waals surface area contributed by atoms with Gasteiger partial charge in [0.15, 0.2) is 9.84 Å². The lowest BCUT2D eigenvalue weighted by molar-refractivity contribution is 0.601. The molecule has 2 N–H and O–H groups in total. The largest absolute Gasteiger partial charge is 0.396 e. The van der Waals surface area contributed by atoms with E-state index in [4.69, 9.17) is 17.3 Å². The first-order valence-corrected chi connectivity index (χ1v) is 12.9. The Kier molecular flexibility index (Phi) is 6.29. The standard InChI is InChI=1S/C26H24ClN3O2S/c1-16-11-19-4-3-17(18-5-8-21(9-6-18)33(2,31)32)7-10-22(23(19)12-20(16)13-28)24-14-30-15-25(29)26(24)27/h5-6,8-12,14-15,17H,3-4,7,29H2,1-2H3/b22-10+. The van der Waals surface area contributed by atoms with E-state index in [-0.39, 0.29) is 5.92 Å². The highest BCUT2D eigenvalue weighted by atomic mass is 35.5. The second kappa shape index (κ2) is 9.01. The summed E-state index contributed by atoms with van der Waals surface area (Å²) in [5, 5.41) is 10.0. The minimum Gasteiger partial charge on any atom is -0.396 e. The zero-order valence-electron chi connectivity index (χ0n) is 18.5. The normalized spacial score (nSPS) is 17.8. The number of anilines is 1. The molecule has 1 aliphatic carbocycles. The van der Waals surface area contributed by atoms with Gasteiger partial charge in [-0.3, -0.25) is 4.98 Å². The van der Waals surface area contributed by atoms with Gasteiger partial charge in [-0.1, -0.05) is 35.9 Å². The van der Waals surface area contributed by atoms with E-state index in [2.05, 4.69) is 23.2 Å². The second-order valence-corrected chi connectivity index (χ2v) is 10.9. The molecule has 168 valence electrons. The van der Waals surface area contributed by atoms with Gasteiger partial charge in [-0.15, -0.1) is 0 Å². The van der Waals surface area contributed by atoms with Crippen LogP contribution in [-0.4, -0.2) is 19.7 Å². The van der Waals surface area contributed by atoms with Crippen molar-refractivity contribution in [3.8, 4) is 6.07 Å². The van der Waals surface area contributed by atoms with Crippen molar-refractivity contribution < 1.29 is 8.42 Å². The Labute approximate surface area is 199 Å². The average Bonchev–Trinajstić information content (AvgIpc) is 2.77. The van der Waals surface area contributed by atoms with Gasteiger partial charge >= 0.3 is 0 Å². The predicted octanol–water partition coefficient (Wildman–Crippen LogP) is 5.45. The Morgan fingerprint density at radius 3 is 2.55 bits per heavy atom. The van der Waals surface area contributed by atoms with E-state index in [0.29, 0.717) is 21.2 Å². The summed E-state index contributed by atoms with van der Waals surface area (Å²) < 4.78 is 23.7. The van der Waals surface area contributed by atoms with Crippen molar-refractivity contribution in [1.29, 1.82) is 5.26 Å². The molecule has 3 aromatic rings. The van der Waals surface area contributed by atoms with E-state index >= 15 is 0 Å². The van der Waals surface area contributed by atoms with E-state index in [1.54, 1.807) is 18.3 Å². The van der Waals surface area contributed by atoms with E-state index in [0.717, 1.165) is 52.7 Å². The number of allylic oxidation sites excluding steroid dienone is 1. The quantitative estimate of drug-likeness (QED) is 0.540. The molecule has 1 aliphatic rings. The van der Waals surface area contributed by atoms with Gasteiger partial charge in [0.05, 0.1) is 33.4 Å². The molecule has 5 nitrogen and oxygen atoms in total. The number of nitriles is 1. The summed E-state index contributed by atoms with van der Waals surface area (Å²) in [4.78, 5) is 4.56. The van der Waals surface area contributed by atoms with Gasteiger partial charge < -0.3 is 5.73 Å². The van der Waals surface area contributed by atoms with Crippen molar-refractivity contribution >= 4 is 32.7 Å². The fourth-order valence-electron chi connectivity index (χ4n) is 4.36.